The van der Waals surface area contributed by atoms with Crippen molar-refractivity contribution >= 4 is 51.0 Å². The number of fused-ring (bicyclic) bond motifs is 2. The first-order valence-corrected chi connectivity index (χ1v) is 12.4. The van der Waals surface area contributed by atoms with Crippen molar-refractivity contribution in [3.63, 3.8) is 0 Å². The fourth-order valence-electron chi connectivity index (χ4n) is 4.99. The number of nitrogens with zero attached hydrogens (tertiary/aromatic N) is 5. The van der Waals surface area contributed by atoms with Crippen molar-refractivity contribution in [3.8, 4) is 17.3 Å². The Morgan fingerprint density at radius 1 is 1.26 bits per heavy atom. The van der Waals surface area contributed by atoms with Crippen LogP contribution in [0.5, 0.6) is 5.75 Å². The molecule has 4 heterocycles. The molecule has 1 saturated heterocycles. The number of amides is 1. The summed E-state index contributed by atoms with van der Waals surface area (Å²) in [6, 6.07) is 5.94. The van der Waals surface area contributed by atoms with E-state index in [0.717, 1.165) is 54.1 Å². The van der Waals surface area contributed by atoms with Gasteiger partial charge in [0.1, 0.15) is 11.3 Å². The molecule has 1 saturated carbocycles. The number of nitrogens with two attached hydrogens (primary N) is 1. The van der Waals surface area contributed by atoms with Crippen molar-refractivity contribution in [1.82, 2.24) is 24.0 Å². The number of carbonyl (C=O) groups excluding carboxylic acids is 1. The molecule has 1 aliphatic heterocycles. The lowest BCUT2D eigenvalue weighted by molar-refractivity contribution is 0.0708. The number of likely N-dealkylation sites (tertiary alicyclic amines) is 1. The number of hydrogen-bond acceptors (Lipinski definition) is 6. The molecule has 1 aliphatic carbocycles. The van der Waals surface area contributed by atoms with Crippen LogP contribution in [0.15, 0.2) is 23.7 Å². The molecule has 6 rings (SSSR count). The number of ether oxygens (including phenoxy) is 1. The van der Waals surface area contributed by atoms with Gasteiger partial charge in [0.05, 0.1) is 28.5 Å². The highest BCUT2D eigenvalue weighted by molar-refractivity contribution is 7.16. The minimum atomic E-state index is -0.0145. The van der Waals surface area contributed by atoms with Crippen LogP contribution in [0.1, 0.15) is 36.0 Å². The molecule has 2 N–H and O–H groups in total. The second-order valence-corrected chi connectivity index (χ2v) is 10.2. The molecule has 10 heteroatoms. The largest absolute Gasteiger partial charge is 0.494 e. The third-order valence-electron chi connectivity index (χ3n) is 6.90. The quantitative estimate of drug-likeness (QED) is 0.446. The Balaban J connectivity index is 0.00000241. The summed E-state index contributed by atoms with van der Waals surface area (Å²) in [6.07, 6.45) is 4.43. The third kappa shape index (κ3) is 3.85. The van der Waals surface area contributed by atoms with E-state index in [4.69, 9.17) is 15.5 Å². The summed E-state index contributed by atoms with van der Waals surface area (Å²) in [5.74, 6) is 2.21. The Hall–Kier alpha value is -2.62. The fraction of sp³-hybridized carbons (Fsp3) is 0.458. The van der Waals surface area contributed by atoms with Gasteiger partial charge in [0, 0.05) is 38.3 Å². The monoisotopic (exact) mass is 500 g/mol. The Kier molecular flexibility index (Phi) is 6.03. The number of hydrogen-bond donors (Lipinski definition) is 1. The number of imidazole rings is 1. The zero-order valence-electron chi connectivity index (χ0n) is 19.4. The normalized spacial score (nSPS) is 18.4. The molecule has 2 aliphatic rings. The molecule has 34 heavy (non-hydrogen) atoms. The van der Waals surface area contributed by atoms with E-state index in [-0.39, 0.29) is 24.4 Å². The molecule has 0 radical (unpaired) electrons. The lowest BCUT2D eigenvalue weighted by Crippen LogP contribution is -2.45. The van der Waals surface area contributed by atoms with Crippen LogP contribution >= 0.6 is 23.7 Å². The van der Waals surface area contributed by atoms with Gasteiger partial charge in [-0.25, -0.2) is 9.97 Å². The van der Waals surface area contributed by atoms with Crippen LogP contribution in [0.3, 0.4) is 0 Å². The summed E-state index contributed by atoms with van der Waals surface area (Å²) in [6.45, 7) is 2.28. The van der Waals surface area contributed by atoms with E-state index in [9.17, 15) is 4.79 Å². The number of aromatic nitrogens is 4. The van der Waals surface area contributed by atoms with Gasteiger partial charge >= 0.3 is 0 Å². The molecule has 8 nitrogen and oxygen atoms in total. The smallest absolute Gasteiger partial charge is 0.254 e. The van der Waals surface area contributed by atoms with Crippen molar-refractivity contribution in [2.45, 2.75) is 38.3 Å². The maximum absolute atomic E-state index is 13.3. The van der Waals surface area contributed by atoms with Gasteiger partial charge in [-0.05, 0) is 49.8 Å². The van der Waals surface area contributed by atoms with Gasteiger partial charge in [0.2, 0.25) is 0 Å². The predicted molar refractivity (Wildman–Crippen MR) is 137 cm³/mol. The minimum absolute atomic E-state index is 0. The van der Waals surface area contributed by atoms with E-state index < -0.39 is 0 Å². The van der Waals surface area contributed by atoms with Crippen molar-refractivity contribution in [3.05, 3.63) is 29.3 Å². The number of benzene rings is 1. The summed E-state index contributed by atoms with van der Waals surface area (Å²) in [4.78, 5) is 24.7. The van der Waals surface area contributed by atoms with Crippen LogP contribution in [-0.2, 0) is 13.6 Å². The molecule has 0 unspecified atom stereocenters. The van der Waals surface area contributed by atoms with Crippen molar-refractivity contribution < 1.29 is 9.53 Å². The van der Waals surface area contributed by atoms with Gasteiger partial charge in [-0.1, -0.05) is 0 Å². The topological polar surface area (TPSA) is 91.2 Å². The maximum Gasteiger partial charge on any atom is 0.254 e. The van der Waals surface area contributed by atoms with E-state index in [1.807, 2.05) is 29.6 Å². The van der Waals surface area contributed by atoms with Crippen LogP contribution in [-0.4, -0.2) is 56.2 Å². The molecule has 1 amide bonds. The molecular formula is C24H29ClN6O2S. The number of methoxy groups -OCH3 is 1. The lowest BCUT2D eigenvalue weighted by Gasteiger charge is -2.30. The van der Waals surface area contributed by atoms with Crippen LogP contribution in [0, 0.1) is 5.92 Å². The molecule has 0 bridgehead atoms. The van der Waals surface area contributed by atoms with Crippen LogP contribution in [0.4, 0.5) is 0 Å². The first-order valence-electron chi connectivity index (χ1n) is 11.6. The van der Waals surface area contributed by atoms with E-state index in [1.54, 1.807) is 18.4 Å². The second-order valence-electron chi connectivity index (χ2n) is 9.32. The average molecular weight is 501 g/mol. The highest BCUT2D eigenvalue weighted by Gasteiger charge is 2.28. The van der Waals surface area contributed by atoms with Crippen LogP contribution < -0.4 is 10.5 Å². The molecule has 3 aromatic heterocycles. The summed E-state index contributed by atoms with van der Waals surface area (Å²) in [5, 5.41) is 0. The van der Waals surface area contributed by atoms with Crippen molar-refractivity contribution in [1.29, 1.82) is 0 Å². The molecule has 180 valence electrons. The van der Waals surface area contributed by atoms with E-state index >= 15 is 0 Å². The number of piperidine rings is 1. The minimum Gasteiger partial charge on any atom is -0.494 e. The predicted octanol–water partition coefficient (Wildman–Crippen LogP) is 4.06. The van der Waals surface area contributed by atoms with Gasteiger partial charge in [-0.2, -0.15) is 0 Å². The molecule has 2 fully saturated rings. The molecule has 0 spiro atoms. The van der Waals surface area contributed by atoms with Gasteiger partial charge in [-0.15, -0.1) is 23.7 Å². The summed E-state index contributed by atoms with van der Waals surface area (Å²) >= 11 is 1.65. The summed E-state index contributed by atoms with van der Waals surface area (Å²) < 4.78 is 11.3. The van der Waals surface area contributed by atoms with E-state index in [1.165, 1.54) is 17.5 Å². The first kappa shape index (κ1) is 23.1. The lowest BCUT2D eigenvalue weighted by atomic mass is 10.0. The molecule has 4 aromatic rings. The molecule has 1 atom stereocenters. The Morgan fingerprint density at radius 2 is 2.09 bits per heavy atom. The summed E-state index contributed by atoms with van der Waals surface area (Å²) in [5.41, 5.74) is 12.3. The van der Waals surface area contributed by atoms with Gasteiger partial charge in [0.15, 0.2) is 11.5 Å². The second kappa shape index (κ2) is 8.87. The Bertz CT molecular complexity index is 1370. The molecule has 1 aromatic carbocycles. The Morgan fingerprint density at radius 3 is 2.82 bits per heavy atom. The highest BCUT2D eigenvalue weighted by atomic mass is 35.5. The van der Waals surface area contributed by atoms with E-state index in [2.05, 4.69) is 20.2 Å². The SMILES string of the molecule is COc1cc(C(=O)N2CCC[C@@H](N)C2)cc2nc(-c3cc4scnc4n3CC3CC3)n(C)c12.Cl. The van der Waals surface area contributed by atoms with Gasteiger partial charge < -0.3 is 24.5 Å². The maximum atomic E-state index is 13.3. The number of thiazole rings is 1. The number of halogens is 1. The van der Waals surface area contributed by atoms with Gasteiger partial charge in [-0.3, -0.25) is 4.79 Å². The zero-order valence-corrected chi connectivity index (χ0v) is 21.0. The van der Waals surface area contributed by atoms with Crippen LogP contribution in [0.25, 0.3) is 32.9 Å². The Labute approximate surface area is 208 Å². The van der Waals surface area contributed by atoms with Gasteiger partial charge in [0.25, 0.3) is 5.91 Å². The highest BCUT2D eigenvalue weighted by Crippen LogP contribution is 2.38. The number of carbonyl (C=O) groups is 1. The van der Waals surface area contributed by atoms with Crippen LogP contribution in [0.2, 0.25) is 0 Å². The fourth-order valence-corrected chi connectivity index (χ4v) is 5.71. The van der Waals surface area contributed by atoms with Crippen molar-refractivity contribution in [2.24, 2.45) is 18.7 Å². The average Bonchev–Trinajstić information content (AvgIpc) is 3.26. The first-order chi connectivity index (χ1) is 16.0. The summed E-state index contributed by atoms with van der Waals surface area (Å²) in [7, 11) is 3.65. The van der Waals surface area contributed by atoms with Crippen molar-refractivity contribution in [2.75, 3.05) is 20.2 Å². The van der Waals surface area contributed by atoms with E-state index in [0.29, 0.717) is 23.8 Å². The number of rotatable bonds is 5. The molecular weight excluding hydrogens is 472 g/mol. The third-order valence-corrected chi connectivity index (χ3v) is 7.67. The standard InChI is InChI=1S/C24H28N6O2S.ClH/c1-28-21-17(8-15(9-19(21)32-2)24(31)29-7-3-4-16(25)12-29)27-22(28)18-10-20-23(26-13-33-20)30(18)11-14-5-6-14;/h8-10,13-14,16H,3-7,11-12,25H2,1-2H3;1H/t16-;/m1./s1. The number of aryl methyl sites for hydroxylation is 1. The zero-order chi connectivity index (χ0) is 22.7.